The van der Waals surface area contributed by atoms with Crippen molar-refractivity contribution in [2.75, 3.05) is 39.5 Å². The average Bonchev–Trinajstić information content (AvgIpc) is 2.68. The molecule has 0 saturated carbocycles. The van der Waals surface area contributed by atoms with Crippen molar-refractivity contribution in [3.8, 4) is 0 Å². The summed E-state index contributed by atoms with van der Waals surface area (Å²) in [5, 5.41) is 3.57. The Balaban J connectivity index is 1.65. The highest BCUT2D eigenvalue weighted by molar-refractivity contribution is 5.77. The molecule has 2 rings (SSSR count). The second-order valence-corrected chi connectivity index (χ2v) is 5.02. The van der Waals surface area contributed by atoms with Gasteiger partial charge in [-0.05, 0) is 26.2 Å². The van der Waals surface area contributed by atoms with Crippen LogP contribution in [0.15, 0.2) is 0 Å². The molecular weight excluding hydrogens is 232 g/mol. The van der Waals surface area contributed by atoms with Gasteiger partial charge in [0.1, 0.15) is 6.61 Å². The van der Waals surface area contributed by atoms with Crippen molar-refractivity contribution in [3.63, 3.8) is 0 Å². The second-order valence-electron chi connectivity index (χ2n) is 5.02. The van der Waals surface area contributed by atoms with E-state index in [1.165, 1.54) is 12.8 Å². The van der Waals surface area contributed by atoms with E-state index in [0.29, 0.717) is 31.9 Å². The molecule has 2 bridgehead atoms. The van der Waals surface area contributed by atoms with E-state index in [4.69, 9.17) is 9.47 Å². The molecule has 5 nitrogen and oxygen atoms in total. The first kappa shape index (κ1) is 13.8. The Hall–Kier alpha value is -0.650. The maximum atomic E-state index is 12.0. The van der Waals surface area contributed by atoms with Crippen LogP contribution in [0.4, 0.5) is 0 Å². The second kappa shape index (κ2) is 7.07. The third-order valence-corrected chi connectivity index (χ3v) is 3.68. The van der Waals surface area contributed by atoms with Gasteiger partial charge in [-0.1, -0.05) is 0 Å². The van der Waals surface area contributed by atoms with E-state index in [1.54, 1.807) is 0 Å². The van der Waals surface area contributed by atoms with E-state index in [0.717, 1.165) is 19.5 Å². The number of nitrogens with zero attached hydrogens (tertiary/aromatic N) is 1. The number of carbonyl (C=O) groups is 1. The molecule has 0 aromatic carbocycles. The molecule has 2 heterocycles. The van der Waals surface area contributed by atoms with Crippen LogP contribution in [0.1, 0.15) is 26.2 Å². The van der Waals surface area contributed by atoms with Crippen LogP contribution in [0.25, 0.3) is 0 Å². The quantitative estimate of drug-likeness (QED) is 0.699. The van der Waals surface area contributed by atoms with Crippen LogP contribution in [-0.2, 0) is 14.3 Å². The van der Waals surface area contributed by atoms with Gasteiger partial charge in [-0.2, -0.15) is 0 Å². The fourth-order valence-electron chi connectivity index (χ4n) is 2.68. The zero-order chi connectivity index (χ0) is 12.8. The van der Waals surface area contributed by atoms with Gasteiger partial charge in [-0.3, -0.25) is 4.79 Å². The van der Waals surface area contributed by atoms with Crippen molar-refractivity contribution in [1.29, 1.82) is 0 Å². The summed E-state index contributed by atoms with van der Waals surface area (Å²) in [4.78, 5) is 13.9. The minimum atomic E-state index is 0.112. The van der Waals surface area contributed by atoms with Crippen molar-refractivity contribution in [1.82, 2.24) is 10.2 Å². The first-order valence-corrected chi connectivity index (χ1v) is 6.99. The predicted octanol–water partition coefficient (Wildman–Crippen LogP) is 0.392. The van der Waals surface area contributed by atoms with Gasteiger partial charge < -0.3 is 19.7 Å². The molecule has 2 fully saturated rings. The van der Waals surface area contributed by atoms with Crippen LogP contribution < -0.4 is 5.32 Å². The van der Waals surface area contributed by atoms with Gasteiger partial charge >= 0.3 is 0 Å². The average molecular weight is 256 g/mol. The summed E-state index contributed by atoms with van der Waals surface area (Å²) in [6.07, 6.45) is 3.53. The molecule has 18 heavy (non-hydrogen) atoms. The number of hydrogen-bond acceptors (Lipinski definition) is 4. The predicted molar refractivity (Wildman–Crippen MR) is 68.5 cm³/mol. The number of nitrogens with one attached hydrogen (secondary N) is 1. The monoisotopic (exact) mass is 256 g/mol. The fourth-order valence-corrected chi connectivity index (χ4v) is 2.68. The van der Waals surface area contributed by atoms with Crippen molar-refractivity contribution < 1.29 is 14.3 Å². The maximum Gasteiger partial charge on any atom is 0.248 e. The number of hydrogen-bond donors (Lipinski definition) is 1. The van der Waals surface area contributed by atoms with Crippen molar-refractivity contribution in [2.45, 2.75) is 38.3 Å². The third-order valence-electron chi connectivity index (χ3n) is 3.68. The Kier molecular flexibility index (Phi) is 5.41. The smallest absolute Gasteiger partial charge is 0.248 e. The summed E-state index contributed by atoms with van der Waals surface area (Å²) in [5.74, 6) is 0.112. The summed E-state index contributed by atoms with van der Waals surface area (Å²) in [5.41, 5.74) is 0. The number of fused-ring (bicyclic) bond motifs is 2. The summed E-state index contributed by atoms with van der Waals surface area (Å²) < 4.78 is 10.5. The van der Waals surface area contributed by atoms with E-state index in [9.17, 15) is 4.79 Å². The van der Waals surface area contributed by atoms with Crippen LogP contribution in [0.3, 0.4) is 0 Å². The Labute approximate surface area is 109 Å². The van der Waals surface area contributed by atoms with Crippen LogP contribution in [0.2, 0.25) is 0 Å². The van der Waals surface area contributed by atoms with Crippen LogP contribution in [0.5, 0.6) is 0 Å². The molecule has 0 aliphatic carbocycles. The van der Waals surface area contributed by atoms with Gasteiger partial charge in [0.25, 0.3) is 0 Å². The van der Waals surface area contributed by atoms with Crippen LogP contribution >= 0.6 is 0 Å². The molecule has 2 aliphatic rings. The topological polar surface area (TPSA) is 50.8 Å². The minimum Gasteiger partial charge on any atom is -0.379 e. The number of carbonyl (C=O) groups excluding carboxylic acids is 1. The van der Waals surface area contributed by atoms with Gasteiger partial charge in [0.15, 0.2) is 0 Å². The summed E-state index contributed by atoms with van der Waals surface area (Å²) in [6, 6.07) is 1.11. The molecule has 1 amide bonds. The lowest BCUT2D eigenvalue weighted by Gasteiger charge is -2.24. The highest BCUT2D eigenvalue weighted by atomic mass is 16.5. The lowest BCUT2D eigenvalue weighted by atomic mass is 10.1. The molecule has 1 N–H and O–H groups in total. The highest BCUT2D eigenvalue weighted by Crippen LogP contribution is 2.20. The summed E-state index contributed by atoms with van der Waals surface area (Å²) in [7, 11) is 0. The van der Waals surface area contributed by atoms with E-state index < -0.39 is 0 Å². The first-order valence-electron chi connectivity index (χ1n) is 6.99. The molecule has 2 atom stereocenters. The van der Waals surface area contributed by atoms with Gasteiger partial charge in [0, 0.05) is 31.8 Å². The minimum absolute atomic E-state index is 0.112. The number of likely N-dealkylation sites (tertiary alicyclic amines) is 1. The molecule has 0 spiro atoms. The lowest BCUT2D eigenvalue weighted by molar-refractivity contribution is -0.136. The van der Waals surface area contributed by atoms with E-state index in [-0.39, 0.29) is 12.5 Å². The molecule has 0 aromatic rings. The zero-order valence-electron chi connectivity index (χ0n) is 11.2. The normalized spacial score (nSPS) is 27.3. The van der Waals surface area contributed by atoms with Crippen molar-refractivity contribution in [2.24, 2.45) is 0 Å². The first-order chi connectivity index (χ1) is 8.79. The van der Waals surface area contributed by atoms with E-state index in [1.807, 2.05) is 11.8 Å². The Morgan fingerprint density at radius 3 is 2.83 bits per heavy atom. The zero-order valence-corrected chi connectivity index (χ0v) is 11.2. The molecule has 2 saturated heterocycles. The number of rotatable bonds is 6. The number of ether oxygens (including phenoxy) is 2. The van der Waals surface area contributed by atoms with Gasteiger partial charge in [0.2, 0.25) is 5.91 Å². The standard InChI is InChI=1S/C13H24N2O3/c1-2-17-7-8-18-10-13(16)15-6-5-11-3-4-12(9-15)14-11/h11-12,14H,2-10H2,1H3. The van der Waals surface area contributed by atoms with E-state index in [2.05, 4.69) is 5.32 Å². The molecule has 0 aromatic heterocycles. The SMILES string of the molecule is CCOCCOCC(=O)N1CCC2CCC(C1)N2. The van der Waals surface area contributed by atoms with Crippen LogP contribution in [-0.4, -0.2) is 62.4 Å². The molecule has 5 heteroatoms. The van der Waals surface area contributed by atoms with Crippen molar-refractivity contribution in [3.05, 3.63) is 0 Å². The number of amides is 1. The Morgan fingerprint density at radius 2 is 2.00 bits per heavy atom. The van der Waals surface area contributed by atoms with Gasteiger partial charge in [-0.15, -0.1) is 0 Å². The molecule has 2 unspecified atom stereocenters. The van der Waals surface area contributed by atoms with Crippen molar-refractivity contribution >= 4 is 5.91 Å². The highest BCUT2D eigenvalue weighted by Gasteiger charge is 2.30. The molecule has 0 radical (unpaired) electrons. The summed E-state index contributed by atoms with van der Waals surface area (Å²) >= 11 is 0. The largest absolute Gasteiger partial charge is 0.379 e. The maximum absolute atomic E-state index is 12.0. The Bertz CT molecular complexity index is 273. The van der Waals surface area contributed by atoms with Gasteiger partial charge in [0.05, 0.1) is 13.2 Å². The molecule has 104 valence electrons. The molecular formula is C13H24N2O3. The summed E-state index contributed by atoms with van der Waals surface area (Å²) in [6.45, 7) is 5.59. The molecule has 2 aliphatic heterocycles. The Morgan fingerprint density at radius 1 is 1.22 bits per heavy atom. The van der Waals surface area contributed by atoms with Crippen LogP contribution in [0, 0.1) is 0 Å². The fraction of sp³-hybridized carbons (Fsp3) is 0.923. The lowest BCUT2D eigenvalue weighted by Crippen LogP contribution is -2.40. The van der Waals surface area contributed by atoms with E-state index >= 15 is 0 Å². The third kappa shape index (κ3) is 3.93. The van der Waals surface area contributed by atoms with Gasteiger partial charge in [-0.25, -0.2) is 0 Å².